The first kappa shape index (κ1) is 13.4. The molecule has 2 aromatic carbocycles. The normalized spacial score (nSPS) is 10.2. The van der Waals surface area contributed by atoms with Gasteiger partial charge in [-0.1, -0.05) is 24.3 Å². The summed E-state index contributed by atoms with van der Waals surface area (Å²) in [5.41, 5.74) is 3.44. The van der Waals surface area contributed by atoms with E-state index in [1.165, 1.54) is 24.4 Å². The highest BCUT2D eigenvalue weighted by Crippen LogP contribution is 2.05. The van der Waals surface area contributed by atoms with Crippen molar-refractivity contribution < 1.29 is 9.18 Å². The van der Waals surface area contributed by atoms with Gasteiger partial charge in [0.05, 0.1) is 23.4 Å². The van der Waals surface area contributed by atoms with Gasteiger partial charge < -0.3 is 0 Å². The van der Waals surface area contributed by atoms with Gasteiger partial charge in [0.1, 0.15) is 5.82 Å². The van der Waals surface area contributed by atoms with Gasteiger partial charge in [-0.25, -0.2) is 9.82 Å². The molecule has 1 N–H and O–H groups in total. The van der Waals surface area contributed by atoms with E-state index in [0.29, 0.717) is 5.56 Å². The Bertz CT molecular complexity index is 687. The molecule has 1 amide bonds. The second-order valence-corrected chi connectivity index (χ2v) is 3.91. The van der Waals surface area contributed by atoms with Crippen LogP contribution in [0.15, 0.2) is 53.6 Å². The van der Waals surface area contributed by atoms with Crippen LogP contribution in [0, 0.1) is 17.1 Å². The Kier molecular flexibility index (Phi) is 4.20. The molecule has 5 heteroatoms. The maximum atomic E-state index is 13.3. The first-order valence-electron chi connectivity index (χ1n) is 5.79. The number of halogens is 1. The second-order valence-electron chi connectivity index (χ2n) is 3.91. The van der Waals surface area contributed by atoms with Gasteiger partial charge in [0.2, 0.25) is 0 Å². The van der Waals surface area contributed by atoms with Crippen molar-refractivity contribution in [1.82, 2.24) is 5.43 Å². The molecule has 0 spiro atoms. The molecule has 0 aliphatic heterocycles. The molecule has 0 aliphatic rings. The zero-order valence-corrected chi connectivity index (χ0v) is 10.4. The maximum absolute atomic E-state index is 13.3. The molecule has 0 saturated heterocycles. The van der Waals surface area contributed by atoms with E-state index in [1.54, 1.807) is 30.3 Å². The third kappa shape index (κ3) is 3.27. The van der Waals surface area contributed by atoms with Gasteiger partial charge in [-0.05, 0) is 29.8 Å². The number of hydrazone groups is 1. The fraction of sp³-hybridized carbons (Fsp3) is 0. The van der Waals surface area contributed by atoms with Crippen LogP contribution in [-0.4, -0.2) is 12.1 Å². The quantitative estimate of drug-likeness (QED) is 0.685. The summed E-state index contributed by atoms with van der Waals surface area (Å²) >= 11 is 0. The Morgan fingerprint density at radius 2 is 1.90 bits per heavy atom. The van der Waals surface area contributed by atoms with Crippen LogP contribution in [0.25, 0.3) is 0 Å². The Morgan fingerprint density at radius 1 is 1.20 bits per heavy atom. The van der Waals surface area contributed by atoms with Gasteiger partial charge in [0.25, 0.3) is 5.91 Å². The van der Waals surface area contributed by atoms with E-state index in [-0.39, 0.29) is 5.56 Å². The minimum Gasteiger partial charge on any atom is -0.267 e. The van der Waals surface area contributed by atoms with Gasteiger partial charge in [0, 0.05) is 0 Å². The molecular weight excluding hydrogens is 257 g/mol. The van der Waals surface area contributed by atoms with E-state index >= 15 is 0 Å². The number of nitrogens with zero attached hydrogens (tertiary/aromatic N) is 2. The van der Waals surface area contributed by atoms with E-state index in [0.717, 1.165) is 5.56 Å². The van der Waals surface area contributed by atoms with Crippen LogP contribution in [0.4, 0.5) is 4.39 Å². The molecule has 0 heterocycles. The number of nitrogens with one attached hydrogen (secondary N) is 1. The number of hydrogen-bond donors (Lipinski definition) is 1. The Labute approximate surface area is 115 Å². The molecule has 0 unspecified atom stereocenters. The molecule has 98 valence electrons. The molecule has 0 aliphatic carbocycles. The van der Waals surface area contributed by atoms with Crippen molar-refractivity contribution in [2.45, 2.75) is 0 Å². The third-order valence-corrected chi connectivity index (χ3v) is 2.54. The van der Waals surface area contributed by atoms with Crippen molar-refractivity contribution in [3.8, 4) is 6.07 Å². The van der Waals surface area contributed by atoms with E-state index in [4.69, 9.17) is 5.26 Å². The molecule has 0 fully saturated rings. The Morgan fingerprint density at radius 3 is 2.55 bits per heavy atom. The van der Waals surface area contributed by atoms with Crippen LogP contribution < -0.4 is 5.43 Å². The van der Waals surface area contributed by atoms with Crippen molar-refractivity contribution in [2.75, 3.05) is 0 Å². The molecule has 4 nitrogen and oxygen atoms in total. The first-order valence-corrected chi connectivity index (χ1v) is 5.79. The van der Waals surface area contributed by atoms with Crippen LogP contribution in [0.3, 0.4) is 0 Å². The number of carbonyl (C=O) groups is 1. The lowest BCUT2D eigenvalue weighted by Crippen LogP contribution is -2.18. The van der Waals surface area contributed by atoms with Crippen LogP contribution in [0.2, 0.25) is 0 Å². The molecule has 0 atom stereocenters. The molecule has 0 saturated carbocycles. The maximum Gasteiger partial charge on any atom is 0.274 e. The van der Waals surface area contributed by atoms with E-state index < -0.39 is 11.7 Å². The number of hydrogen-bond acceptors (Lipinski definition) is 3. The first-order chi connectivity index (χ1) is 9.70. The number of nitriles is 1. The minimum atomic E-state index is -0.618. The van der Waals surface area contributed by atoms with Crippen LogP contribution in [-0.2, 0) is 0 Å². The average molecular weight is 267 g/mol. The van der Waals surface area contributed by atoms with Crippen molar-refractivity contribution in [1.29, 1.82) is 5.26 Å². The molecule has 0 radical (unpaired) electrons. The van der Waals surface area contributed by atoms with Gasteiger partial charge in [0.15, 0.2) is 0 Å². The predicted octanol–water partition coefficient (Wildman–Crippen LogP) is 2.46. The molecule has 2 aromatic rings. The summed E-state index contributed by atoms with van der Waals surface area (Å²) in [6.45, 7) is 0. The topological polar surface area (TPSA) is 65.2 Å². The SMILES string of the molecule is N#Cc1ccc(/C=N/NC(=O)c2ccccc2F)cc1. The van der Waals surface area contributed by atoms with Gasteiger partial charge in [-0.15, -0.1) is 0 Å². The zero-order valence-electron chi connectivity index (χ0n) is 10.4. The summed E-state index contributed by atoms with van der Waals surface area (Å²) in [4.78, 5) is 11.6. The number of carbonyl (C=O) groups excluding carboxylic acids is 1. The largest absolute Gasteiger partial charge is 0.274 e. The lowest BCUT2D eigenvalue weighted by Gasteiger charge is -2.00. The van der Waals surface area contributed by atoms with E-state index in [2.05, 4.69) is 10.5 Å². The zero-order chi connectivity index (χ0) is 14.4. The second kappa shape index (κ2) is 6.25. The smallest absolute Gasteiger partial charge is 0.267 e. The minimum absolute atomic E-state index is 0.0653. The Hall–Kier alpha value is -3.00. The highest BCUT2D eigenvalue weighted by Gasteiger charge is 2.08. The summed E-state index contributed by atoms with van der Waals surface area (Å²) in [5, 5.41) is 12.4. The van der Waals surface area contributed by atoms with Crippen molar-refractivity contribution in [2.24, 2.45) is 5.10 Å². The van der Waals surface area contributed by atoms with Crippen molar-refractivity contribution in [3.05, 3.63) is 71.0 Å². The van der Waals surface area contributed by atoms with Crippen LogP contribution in [0.5, 0.6) is 0 Å². The summed E-state index contributed by atoms with van der Waals surface area (Å²) in [6, 6.07) is 14.3. The highest BCUT2D eigenvalue weighted by atomic mass is 19.1. The fourth-order valence-electron chi connectivity index (χ4n) is 1.51. The highest BCUT2D eigenvalue weighted by molar-refractivity contribution is 5.95. The average Bonchev–Trinajstić information content (AvgIpc) is 2.48. The Balaban J connectivity index is 2.01. The van der Waals surface area contributed by atoms with Crippen molar-refractivity contribution in [3.63, 3.8) is 0 Å². The van der Waals surface area contributed by atoms with Gasteiger partial charge in [-0.2, -0.15) is 10.4 Å². The van der Waals surface area contributed by atoms with Crippen LogP contribution in [0.1, 0.15) is 21.5 Å². The fourth-order valence-corrected chi connectivity index (χ4v) is 1.51. The molecule has 2 rings (SSSR count). The number of benzene rings is 2. The molecule has 0 bridgehead atoms. The summed E-state index contributed by atoms with van der Waals surface area (Å²) in [7, 11) is 0. The lowest BCUT2D eigenvalue weighted by atomic mass is 10.2. The number of rotatable bonds is 3. The van der Waals surface area contributed by atoms with Crippen LogP contribution >= 0.6 is 0 Å². The van der Waals surface area contributed by atoms with Gasteiger partial charge in [-0.3, -0.25) is 4.79 Å². The lowest BCUT2D eigenvalue weighted by molar-refractivity contribution is 0.0951. The summed E-state index contributed by atoms with van der Waals surface area (Å²) in [5.74, 6) is -1.22. The third-order valence-electron chi connectivity index (χ3n) is 2.54. The predicted molar refractivity (Wildman–Crippen MR) is 72.6 cm³/mol. The molecular formula is C15H10FN3O. The van der Waals surface area contributed by atoms with Gasteiger partial charge >= 0.3 is 0 Å². The summed E-state index contributed by atoms with van der Waals surface area (Å²) in [6.07, 6.45) is 1.42. The van der Waals surface area contributed by atoms with E-state index in [1.807, 2.05) is 6.07 Å². The number of amides is 1. The van der Waals surface area contributed by atoms with E-state index in [9.17, 15) is 9.18 Å². The molecule has 20 heavy (non-hydrogen) atoms. The standard InChI is InChI=1S/C15H10FN3O/c16-14-4-2-1-3-13(14)15(20)19-18-10-12-7-5-11(9-17)6-8-12/h1-8,10H,(H,19,20)/b18-10+. The monoisotopic (exact) mass is 267 g/mol. The molecule has 0 aromatic heterocycles. The van der Waals surface area contributed by atoms with Crippen molar-refractivity contribution >= 4 is 12.1 Å². The summed E-state index contributed by atoms with van der Waals surface area (Å²) < 4.78 is 13.3.